The summed E-state index contributed by atoms with van der Waals surface area (Å²) in [6.45, 7) is 5.05. The number of halogens is 1. The summed E-state index contributed by atoms with van der Waals surface area (Å²) in [6, 6.07) is 3.48. The number of methoxy groups -OCH3 is 1. The average molecular weight is 349 g/mol. The summed E-state index contributed by atoms with van der Waals surface area (Å²) in [5, 5.41) is 6.62. The van der Waals surface area contributed by atoms with Gasteiger partial charge < -0.3 is 15.4 Å². The number of aryl methyl sites for hydroxylation is 1. The van der Waals surface area contributed by atoms with Crippen LogP contribution in [-0.4, -0.2) is 24.5 Å². The number of nitrogens with zero attached hydrogens (tertiary/aromatic N) is 1. The number of hydrogen-bond acceptors (Lipinski definition) is 5. The fourth-order valence-corrected chi connectivity index (χ4v) is 3.70. The Hall–Kier alpha value is -1.83. The van der Waals surface area contributed by atoms with Crippen molar-refractivity contribution < 1.29 is 13.9 Å². The normalized spacial score (nSPS) is 15.0. The van der Waals surface area contributed by atoms with Crippen LogP contribution in [0.1, 0.15) is 44.5 Å². The molecule has 3 rings (SSSR count). The Morgan fingerprint density at radius 2 is 2.29 bits per heavy atom. The van der Waals surface area contributed by atoms with Gasteiger partial charge in [0.05, 0.1) is 11.4 Å². The van der Waals surface area contributed by atoms with Crippen LogP contribution in [0.3, 0.4) is 0 Å². The smallest absolute Gasteiger partial charge is 0.267 e. The molecule has 5 nitrogen and oxygen atoms in total. The number of nitrogens with one attached hydrogen (secondary N) is 2. The zero-order valence-electron chi connectivity index (χ0n) is 13.9. The molecule has 0 bridgehead atoms. The molecule has 24 heavy (non-hydrogen) atoms. The van der Waals surface area contributed by atoms with E-state index in [-0.39, 0.29) is 23.5 Å². The Morgan fingerprint density at radius 1 is 1.50 bits per heavy atom. The van der Waals surface area contributed by atoms with Crippen molar-refractivity contribution in [1.82, 2.24) is 10.3 Å². The quantitative estimate of drug-likeness (QED) is 0.890. The maximum Gasteiger partial charge on any atom is 0.267 e. The van der Waals surface area contributed by atoms with Gasteiger partial charge in [0.25, 0.3) is 5.91 Å². The van der Waals surface area contributed by atoms with E-state index >= 15 is 0 Å². The molecule has 0 fully saturated rings. The molecular formula is C17H20FN3O2S. The zero-order chi connectivity index (χ0) is 17.3. The molecule has 1 atom stereocenters. The first kappa shape index (κ1) is 17.0. The summed E-state index contributed by atoms with van der Waals surface area (Å²) >= 11 is 1.27. The van der Waals surface area contributed by atoms with Crippen molar-refractivity contribution in [1.29, 1.82) is 0 Å². The molecule has 128 valence electrons. The number of rotatable bonds is 4. The Balaban J connectivity index is 1.84. The van der Waals surface area contributed by atoms with E-state index in [2.05, 4.69) is 15.6 Å². The molecule has 1 aromatic heterocycles. The summed E-state index contributed by atoms with van der Waals surface area (Å²) in [6.07, 6.45) is 0.447. The molecular weight excluding hydrogens is 329 g/mol. The number of ether oxygens (including phenoxy) is 1. The lowest BCUT2D eigenvalue weighted by Crippen LogP contribution is -2.25. The maximum absolute atomic E-state index is 14.6. The van der Waals surface area contributed by atoms with Crippen molar-refractivity contribution in [2.75, 3.05) is 19.0 Å². The van der Waals surface area contributed by atoms with Gasteiger partial charge in [-0.2, -0.15) is 0 Å². The molecule has 0 radical (unpaired) electrons. The average Bonchev–Trinajstić information content (AvgIpc) is 2.99. The largest absolute Gasteiger partial charge is 0.375 e. The highest BCUT2D eigenvalue weighted by molar-refractivity contribution is 7.14. The maximum atomic E-state index is 14.6. The minimum Gasteiger partial charge on any atom is -0.375 e. The number of carbonyl (C=O) groups excluding carboxylic acids is 1. The van der Waals surface area contributed by atoms with E-state index in [0.717, 1.165) is 17.1 Å². The summed E-state index contributed by atoms with van der Waals surface area (Å²) in [5.74, 6) is -0.678. The van der Waals surface area contributed by atoms with Crippen molar-refractivity contribution in [3.8, 4) is 0 Å². The lowest BCUT2D eigenvalue weighted by molar-refractivity contribution is 0.102. The number of thiazole rings is 1. The van der Waals surface area contributed by atoms with Gasteiger partial charge in [-0.1, -0.05) is 6.07 Å². The van der Waals surface area contributed by atoms with Crippen LogP contribution in [0.2, 0.25) is 0 Å². The minimum absolute atomic E-state index is 0.178. The molecule has 2 N–H and O–H groups in total. The van der Waals surface area contributed by atoms with Gasteiger partial charge in [0.2, 0.25) is 0 Å². The zero-order valence-corrected chi connectivity index (χ0v) is 14.7. The second kappa shape index (κ2) is 6.96. The molecule has 2 aromatic rings. The van der Waals surface area contributed by atoms with E-state index in [9.17, 15) is 9.18 Å². The fraction of sp³-hybridized carbons (Fsp3) is 0.412. The number of fused-ring (bicyclic) bond motifs is 1. The number of carbonyl (C=O) groups is 1. The van der Waals surface area contributed by atoms with Crippen molar-refractivity contribution in [2.24, 2.45) is 0 Å². The minimum atomic E-state index is -0.340. The van der Waals surface area contributed by atoms with Crippen molar-refractivity contribution in [3.05, 3.63) is 44.7 Å². The van der Waals surface area contributed by atoms with Gasteiger partial charge in [-0.05, 0) is 44.0 Å². The highest BCUT2D eigenvalue weighted by atomic mass is 32.1. The molecule has 0 aliphatic carbocycles. The highest BCUT2D eigenvalue weighted by Gasteiger charge is 2.21. The van der Waals surface area contributed by atoms with Crippen LogP contribution in [-0.2, 0) is 17.7 Å². The first-order valence-corrected chi connectivity index (χ1v) is 8.65. The van der Waals surface area contributed by atoms with Gasteiger partial charge >= 0.3 is 0 Å². The molecule has 2 heterocycles. The standard InChI is InChI=1S/C17H20FN3O2S/c1-9-15(24-17(20-9)10(2)23-3)16(22)21-13-5-4-11-8-19-7-6-12(11)14(13)18/h4-5,10,19H,6-8H2,1-3H3,(H,21,22). The molecule has 1 aliphatic heterocycles. The third kappa shape index (κ3) is 3.19. The van der Waals surface area contributed by atoms with Crippen LogP contribution in [0.15, 0.2) is 12.1 Å². The molecule has 1 amide bonds. The van der Waals surface area contributed by atoms with Crippen LogP contribution in [0.25, 0.3) is 0 Å². The topological polar surface area (TPSA) is 63.2 Å². The summed E-state index contributed by atoms with van der Waals surface area (Å²) in [4.78, 5) is 17.4. The van der Waals surface area contributed by atoms with Gasteiger partial charge in [0, 0.05) is 13.7 Å². The van der Waals surface area contributed by atoms with E-state index in [1.807, 2.05) is 13.0 Å². The van der Waals surface area contributed by atoms with Crippen LogP contribution >= 0.6 is 11.3 Å². The predicted molar refractivity (Wildman–Crippen MR) is 92.0 cm³/mol. The van der Waals surface area contributed by atoms with Gasteiger partial charge in [-0.15, -0.1) is 11.3 Å². The van der Waals surface area contributed by atoms with Gasteiger partial charge in [0.15, 0.2) is 0 Å². The third-order valence-electron chi connectivity index (χ3n) is 4.18. The number of aromatic nitrogens is 1. The van der Waals surface area contributed by atoms with E-state index in [1.54, 1.807) is 20.1 Å². The highest BCUT2D eigenvalue weighted by Crippen LogP contribution is 2.28. The Labute approximate surface area is 144 Å². The Kier molecular flexibility index (Phi) is 4.93. The van der Waals surface area contributed by atoms with Gasteiger partial charge in [-0.25, -0.2) is 9.37 Å². The number of amides is 1. The van der Waals surface area contributed by atoms with Crippen molar-refractivity contribution in [2.45, 2.75) is 32.9 Å². The number of hydrogen-bond donors (Lipinski definition) is 2. The Bertz CT molecular complexity index is 775. The summed E-state index contributed by atoms with van der Waals surface area (Å²) < 4.78 is 19.9. The lowest BCUT2D eigenvalue weighted by atomic mass is 9.99. The SMILES string of the molecule is COC(C)c1nc(C)c(C(=O)Nc2ccc3c(c2F)CCNC3)s1. The van der Waals surface area contributed by atoms with Crippen LogP contribution in [0, 0.1) is 12.7 Å². The van der Waals surface area contributed by atoms with E-state index in [4.69, 9.17) is 4.74 Å². The van der Waals surface area contributed by atoms with Crippen LogP contribution < -0.4 is 10.6 Å². The van der Waals surface area contributed by atoms with Crippen LogP contribution in [0.5, 0.6) is 0 Å². The molecule has 7 heteroatoms. The molecule has 1 unspecified atom stereocenters. The first-order valence-electron chi connectivity index (χ1n) is 7.83. The van der Waals surface area contributed by atoms with E-state index in [0.29, 0.717) is 29.1 Å². The second-order valence-corrected chi connectivity index (χ2v) is 6.82. The molecule has 0 spiro atoms. The molecule has 1 aliphatic rings. The lowest BCUT2D eigenvalue weighted by Gasteiger charge is -2.19. The molecule has 0 saturated heterocycles. The van der Waals surface area contributed by atoms with E-state index < -0.39 is 0 Å². The van der Waals surface area contributed by atoms with Gasteiger partial charge in [-0.3, -0.25) is 4.79 Å². The monoisotopic (exact) mass is 349 g/mol. The molecule has 1 aromatic carbocycles. The summed E-state index contributed by atoms with van der Waals surface area (Å²) in [7, 11) is 1.60. The number of benzene rings is 1. The fourth-order valence-electron chi connectivity index (χ4n) is 2.71. The predicted octanol–water partition coefficient (Wildman–Crippen LogP) is 3.20. The Morgan fingerprint density at radius 3 is 3.04 bits per heavy atom. The van der Waals surface area contributed by atoms with Gasteiger partial charge in [0.1, 0.15) is 21.8 Å². The summed E-state index contributed by atoms with van der Waals surface area (Å²) in [5.41, 5.74) is 2.47. The van der Waals surface area contributed by atoms with Crippen LogP contribution in [0.4, 0.5) is 10.1 Å². The van der Waals surface area contributed by atoms with E-state index in [1.165, 1.54) is 11.3 Å². The first-order chi connectivity index (χ1) is 11.5. The third-order valence-corrected chi connectivity index (χ3v) is 5.49. The van der Waals surface area contributed by atoms with Crippen molar-refractivity contribution in [3.63, 3.8) is 0 Å². The molecule has 0 saturated carbocycles. The second-order valence-electron chi connectivity index (χ2n) is 5.79. The number of anilines is 1. The van der Waals surface area contributed by atoms with Crippen molar-refractivity contribution >= 4 is 22.9 Å².